The fourth-order valence-electron chi connectivity index (χ4n) is 3.32. The minimum absolute atomic E-state index is 0.146. The molecule has 0 saturated heterocycles. The van der Waals surface area contributed by atoms with Crippen LogP contribution in [0.4, 0.5) is 18.9 Å². The van der Waals surface area contributed by atoms with E-state index in [-0.39, 0.29) is 4.90 Å². The normalized spacial score (nSPS) is 17.1. The van der Waals surface area contributed by atoms with Crippen molar-refractivity contribution in [3.8, 4) is 5.75 Å². The van der Waals surface area contributed by atoms with Gasteiger partial charge in [0.2, 0.25) is 0 Å². The summed E-state index contributed by atoms with van der Waals surface area (Å²) in [6.07, 6.45) is -2.09. The summed E-state index contributed by atoms with van der Waals surface area (Å²) in [6.45, 7) is 2.97. The van der Waals surface area contributed by atoms with E-state index in [1.54, 1.807) is 6.07 Å². The van der Waals surface area contributed by atoms with Crippen molar-refractivity contribution in [2.75, 3.05) is 11.3 Å². The Kier molecular flexibility index (Phi) is 5.85. The van der Waals surface area contributed by atoms with Crippen LogP contribution in [0.15, 0.2) is 47.4 Å². The largest absolute Gasteiger partial charge is 0.573 e. The average molecular weight is 414 g/mol. The van der Waals surface area contributed by atoms with Crippen LogP contribution in [0.5, 0.6) is 5.75 Å². The lowest BCUT2D eigenvalue weighted by atomic mass is 9.88. The molecule has 0 fully saturated rings. The molecule has 3 rings (SSSR count). The fraction of sp³-hybridized carbons (Fsp3) is 0.368. The van der Waals surface area contributed by atoms with E-state index in [0.29, 0.717) is 11.7 Å². The predicted octanol–water partition coefficient (Wildman–Crippen LogP) is 3.85. The van der Waals surface area contributed by atoms with Gasteiger partial charge in [0, 0.05) is 11.7 Å². The standard InChI is InChI=1S/C19H21F3N2O3S/c1-2-23-15-5-3-14-12-16(6-4-13(14)11-15)24-28(25,26)18-9-7-17(8-10-18)27-19(20,21)22/h4,6-10,12,15,23-24H,2-3,5,11H2,1H3. The first kappa shape index (κ1) is 20.5. The molecule has 1 unspecified atom stereocenters. The van der Waals surface area contributed by atoms with Gasteiger partial charge in [0.25, 0.3) is 10.0 Å². The Morgan fingerprint density at radius 2 is 1.82 bits per heavy atom. The predicted molar refractivity (Wildman–Crippen MR) is 99.9 cm³/mol. The van der Waals surface area contributed by atoms with Gasteiger partial charge in [0.15, 0.2) is 0 Å². The molecule has 0 bridgehead atoms. The van der Waals surface area contributed by atoms with Crippen molar-refractivity contribution in [1.82, 2.24) is 5.32 Å². The van der Waals surface area contributed by atoms with Crippen LogP contribution in [0.3, 0.4) is 0 Å². The smallest absolute Gasteiger partial charge is 0.406 e. The molecule has 28 heavy (non-hydrogen) atoms. The zero-order valence-electron chi connectivity index (χ0n) is 15.2. The molecule has 0 saturated carbocycles. The zero-order valence-corrected chi connectivity index (χ0v) is 16.0. The highest BCUT2D eigenvalue weighted by Crippen LogP contribution is 2.27. The minimum Gasteiger partial charge on any atom is -0.406 e. The third kappa shape index (κ3) is 5.17. The van der Waals surface area contributed by atoms with E-state index >= 15 is 0 Å². The van der Waals surface area contributed by atoms with Crippen molar-refractivity contribution >= 4 is 15.7 Å². The van der Waals surface area contributed by atoms with Crippen LogP contribution in [0.1, 0.15) is 24.5 Å². The van der Waals surface area contributed by atoms with E-state index in [2.05, 4.69) is 21.7 Å². The molecule has 9 heteroatoms. The van der Waals surface area contributed by atoms with Crippen molar-refractivity contribution in [3.63, 3.8) is 0 Å². The molecule has 1 aliphatic carbocycles. The highest BCUT2D eigenvalue weighted by atomic mass is 32.2. The number of aryl methyl sites for hydroxylation is 1. The van der Waals surface area contributed by atoms with E-state index in [1.165, 1.54) is 5.56 Å². The Morgan fingerprint density at radius 3 is 2.46 bits per heavy atom. The molecule has 0 radical (unpaired) electrons. The van der Waals surface area contributed by atoms with Gasteiger partial charge < -0.3 is 10.1 Å². The summed E-state index contributed by atoms with van der Waals surface area (Å²) < 4.78 is 67.9. The molecule has 2 aromatic rings. The van der Waals surface area contributed by atoms with Gasteiger partial charge in [0.1, 0.15) is 5.75 Å². The van der Waals surface area contributed by atoms with Gasteiger partial charge in [0.05, 0.1) is 4.90 Å². The van der Waals surface area contributed by atoms with E-state index in [4.69, 9.17) is 0 Å². The quantitative estimate of drug-likeness (QED) is 0.754. The highest BCUT2D eigenvalue weighted by molar-refractivity contribution is 7.92. The van der Waals surface area contributed by atoms with E-state index in [1.807, 2.05) is 12.1 Å². The van der Waals surface area contributed by atoms with Crippen LogP contribution in [0, 0.1) is 0 Å². The molecule has 2 N–H and O–H groups in total. The topological polar surface area (TPSA) is 67.4 Å². The van der Waals surface area contributed by atoms with Gasteiger partial charge in [-0.25, -0.2) is 8.42 Å². The first-order chi connectivity index (χ1) is 13.2. The van der Waals surface area contributed by atoms with Crippen molar-refractivity contribution in [2.24, 2.45) is 0 Å². The van der Waals surface area contributed by atoms with E-state index in [0.717, 1.165) is 55.6 Å². The summed E-state index contributed by atoms with van der Waals surface area (Å²) in [5.41, 5.74) is 2.72. The number of hydrogen-bond acceptors (Lipinski definition) is 4. The van der Waals surface area contributed by atoms with Crippen molar-refractivity contribution in [3.05, 3.63) is 53.6 Å². The summed E-state index contributed by atoms with van der Waals surface area (Å²) in [4.78, 5) is -0.146. The van der Waals surface area contributed by atoms with Gasteiger partial charge >= 0.3 is 6.36 Å². The van der Waals surface area contributed by atoms with E-state index < -0.39 is 22.1 Å². The van der Waals surface area contributed by atoms with Crippen LogP contribution in [0.2, 0.25) is 0 Å². The number of fused-ring (bicyclic) bond motifs is 1. The Labute approximate surface area is 162 Å². The zero-order chi connectivity index (χ0) is 20.4. The first-order valence-corrected chi connectivity index (χ1v) is 10.4. The Morgan fingerprint density at radius 1 is 1.11 bits per heavy atom. The number of benzene rings is 2. The summed E-state index contributed by atoms with van der Waals surface area (Å²) in [5, 5.41) is 3.43. The summed E-state index contributed by atoms with van der Waals surface area (Å²) in [7, 11) is -3.92. The maximum Gasteiger partial charge on any atom is 0.573 e. The number of rotatable bonds is 6. The maximum absolute atomic E-state index is 12.5. The van der Waals surface area contributed by atoms with Gasteiger partial charge in [-0.1, -0.05) is 13.0 Å². The Balaban J connectivity index is 1.72. The molecule has 0 aromatic heterocycles. The SMILES string of the molecule is CCNC1CCc2cc(NS(=O)(=O)c3ccc(OC(F)(F)F)cc3)ccc2C1. The number of nitrogens with one attached hydrogen (secondary N) is 2. The van der Waals surface area contributed by atoms with Gasteiger partial charge in [-0.3, -0.25) is 4.72 Å². The Bertz CT molecular complexity index is 928. The lowest BCUT2D eigenvalue weighted by Gasteiger charge is -2.25. The number of sulfonamides is 1. The van der Waals surface area contributed by atoms with Crippen molar-refractivity contribution in [2.45, 2.75) is 43.5 Å². The van der Waals surface area contributed by atoms with Gasteiger partial charge in [-0.2, -0.15) is 0 Å². The van der Waals surface area contributed by atoms with E-state index in [9.17, 15) is 21.6 Å². The number of likely N-dealkylation sites (N-methyl/N-ethyl adjacent to an activating group) is 1. The summed E-state index contributed by atoms with van der Waals surface area (Å²) in [6, 6.07) is 9.94. The second kappa shape index (κ2) is 8.00. The molecule has 0 amide bonds. The maximum atomic E-state index is 12.5. The Hall–Kier alpha value is -2.26. The molecule has 1 atom stereocenters. The molecule has 0 spiro atoms. The fourth-order valence-corrected chi connectivity index (χ4v) is 4.37. The summed E-state index contributed by atoms with van der Waals surface area (Å²) >= 11 is 0. The molecule has 2 aromatic carbocycles. The molecule has 0 aliphatic heterocycles. The second-order valence-electron chi connectivity index (χ2n) is 6.61. The molecule has 5 nitrogen and oxygen atoms in total. The third-order valence-electron chi connectivity index (χ3n) is 4.55. The number of anilines is 1. The molecular formula is C19H21F3N2O3S. The van der Waals surface area contributed by atoms with Crippen molar-refractivity contribution < 1.29 is 26.3 Å². The molecular weight excluding hydrogens is 393 g/mol. The highest BCUT2D eigenvalue weighted by Gasteiger charge is 2.31. The lowest BCUT2D eigenvalue weighted by Crippen LogP contribution is -2.34. The van der Waals surface area contributed by atoms with Gasteiger partial charge in [-0.15, -0.1) is 13.2 Å². The van der Waals surface area contributed by atoms with Crippen molar-refractivity contribution in [1.29, 1.82) is 0 Å². The third-order valence-corrected chi connectivity index (χ3v) is 5.94. The second-order valence-corrected chi connectivity index (χ2v) is 8.29. The van der Waals surface area contributed by atoms with Crippen LogP contribution in [-0.2, 0) is 22.9 Å². The van der Waals surface area contributed by atoms with Crippen LogP contribution >= 0.6 is 0 Å². The molecule has 0 heterocycles. The number of hydrogen-bond donors (Lipinski definition) is 2. The van der Waals surface area contributed by atoms with Crippen LogP contribution in [-0.4, -0.2) is 27.4 Å². The lowest BCUT2D eigenvalue weighted by molar-refractivity contribution is -0.274. The number of ether oxygens (including phenoxy) is 1. The summed E-state index contributed by atoms with van der Waals surface area (Å²) in [5.74, 6) is -0.476. The average Bonchev–Trinajstić information content (AvgIpc) is 2.61. The minimum atomic E-state index is -4.83. The van der Waals surface area contributed by atoms with Gasteiger partial charge in [-0.05, 0) is 73.3 Å². The molecule has 152 valence electrons. The first-order valence-electron chi connectivity index (χ1n) is 8.90. The number of alkyl halides is 3. The molecule has 1 aliphatic rings. The number of halogens is 3. The van der Waals surface area contributed by atoms with Crippen LogP contribution < -0.4 is 14.8 Å². The monoisotopic (exact) mass is 414 g/mol. The van der Waals surface area contributed by atoms with Crippen LogP contribution in [0.25, 0.3) is 0 Å².